The van der Waals surface area contributed by atoms with Crippen LogP contribution in [0.5, 0.6) is 0 Å². The minimum atomic E-state index is -0.669. The molecule has 1 aromatic carbocycles. The van der Waals surface area contributed by atoms with Gasteiger partial charge >= 0.3 is 5.97 Å². The quantitative estimate of drug-likeness (QED) is 0.626. The molecule has 0 aromatic heterocycles. The zero-order chi connectivity index (χ0) is 16.9. The van der Waals surface area contributed by atoms with Crippen LogP contribution in [0.4, 0.5) is 0 Å². The Morgan fingerprint density at radius 2 is 2.12 bits per heavy atom. The maximum absolute atomic E-state index is 13.0. The fourth-order valence-electron chi connectivity index (χ4n) is 4.10. The van der Waals surface area contributed by atoms with E-state index < -0.39 is 17.4 Å². The summed E-state index contributed by atoms with van der Waals surface area (Å²) in [6.45, 7) is 4.65. The van der Waals surface area contributed by atoms with Crippen LogP contribution in [0.25, 0.3) is 0 Å². The van der Waals surface area contributed by atoms with Gasteiger partial charge in [0.2, 0.25) is 5.91 Å². The Morgan fingerprint density at radius 1 is 1.38 bits per heavy atom. The van der Waals surface area contributed by atoms with E-state index in [-0.39, 0.29) is 24.1 Å². The monoisotopic (exact) mass is 327 g/mol. The molecule has 1 aromatic rings. The van der Waals surface area contributed by atoms with Crippen LogP contribution in [0, 0.1) is 11.8 Å². The molecule has 126 valence electrons. The number of carbonyl (C=O) groups excluding carboxylic acids is 2. The second-order valence-electron chi connectivity index (χ2n) is 7.07. The Morgan fingerprint density at radius 3 is 2.83 bits per heavy atom. The summed E-state index contributed by atoms with van der Waals surface area (Å²) in [5, 5.41) is 0. The minimum Gasteiger partial charge on any atom is -0.463 e. The van der Waals surface area contributed by atoms with Crippen molar-refractivity contribution in [2.75, 3.05) is 6.54 Å². The number of carbonyl (C=O) groups is 2. The molecule has 2 bridgehead atoms. The van der Waals surface area contributed by atoms with E-state index in [2.05, 4.69) is 0 Å². The molecule has 0 N–H and O–H groups in total. The van der Waals surface area contributed by atoms with Gasteiger partial charge in [0.15, 0.2) is 0 Å². The average Bonchev–Trinajstić information content (AvgIpc) is 3.16. The zero-order valence-electron chi connectivity index (χ0n) is 13.8. The van der Waals surface area contributed by atoms with Crippen molar-refractivity contribution in [1.29, 1.82) is 0 Å². The molecule has 0 unspecified atom stereocenters. The van der Waals surface area contributed by atoms with Crippen molar-refractivity contribution in [3.8, 4) is 0 Å². The third-order valence-corrected chi connectivity index (χ3v) is 5.02. The summed E-state index contributed by atoms with van der Waals surface area (Å²) in [5.74, 6) is -1.36. The fraction of sp³-hybridized carbons (Fsp3) is 0.474. The van der Waals surface area contributed by atoms with Crippen molar-refractivity contribution < 1.29 is 19.1 Å². The predicted octanol–water partition coefficient (Wildman–Crippen LogP) is 1.92. The highest BCUT2D eigenvalue weighted by atomic mass is 16.6. The normalized spacial score (nSPS) is 33.4. The summed E-state index contributed by atoms with van der Waals surface area (Å²) in [7, 11) is 0. The summed E-state index contributed by atoms with van der Waals surface area (Å²) >= 11 is 0. The largest absolute Gasteiger partial charge is 0.463 e. The van der Waals surface area contributed by atoms with Crippen molar-refractivity contribution in [1.82, 2.24) is 4.90 Å². The molecule has 3 heterocycles. The Balaban J connectivity index is 1.58. The van der Waals surface area contributed by atoms with Crippen molar-refractivity contribution in [3.63, 3.8) is 0 Å². The number of hydrogen-bond acceptors (Lipinski definition) is 4. The second kappa shape index (κ2) is 5.45. The molecule has 3 aliphatic rings. The van der Waals surface area contributed by atoms with Crippen LogP contribution in [-0.4, -0.2) is 41.1 Å². The van der Waals surface area contributed by atoms with Crippen LogP contribution < -0.4 is 0 Å². The number of benzene rings is 1. The third kappa shape index (κ3) is 2.26. The maximum atomic E-state index is 13.0. The highest BCUT2D eigenvalue weighted by Gasteiger charge is 2.67. The van der Waals surface area contributed by atoms with E-state index in [1.807, 2.05) is 56.3 Å². The van der Waals surface area contributed by atoms with Crippen molar-refractivity contribution in [3.05, 3.63) is 48.0 Å². The molecule has 2 saturated heterocycles. The van der Waals surface area contributed by atoms with Gasteiger partial charge in [-0.15, -0.1) is 0 Å². The van der Waals surface area contributed by atoms with Crippen molar-refractivity contribution in [2.24, 2.45) is 11.8 Å². The number of hydrogen-bond donors (Lipinski definition) is 0. The number of likely N-dealkylation sites (tertiary alicyclic amines) is 1. The van der Waals surface area contributed by atoms with Crippen LogP contribution in [-0.2, 0) is 25.6 Å². The predicted molar refractivity (Wildman–Crippen MR) is 86.8 cm³/mol. The molecule has 2 fully saturated rings. The van der Waals surface area contributed by atoms with Crippen LogP contribution in [0.3, 0.4) is 0 Å². The van der Waals surface area contributed by atoms with E-state index in [1.54, 1.807) is 4.90 Å². The average molecular weight is 327 g/mol. The van der Waals surface area contributed by atoms with Crippen LogP contribution in [0.15, 0.2) is 42.5 Å². The summed E-state index contributed by atoms with van der Waals surface area (Å²) in [6, 6.07) is 9.86. The van der Waals surface area contributed by atoms with E-state index in [9.17, 15) is 9.59 Å². The lowest BCUT2D eigenvalue weighted by Gasteiger charge is -2.23. The van der Waals surface area contributed by atoms with Gasteiger partial charge in [0.1, 0.15) is 11.5 Å². The first-order chi connectivity index (χ1) is 11.5. The number of fused-ring (bicyclic) bond motifs is 1. The topological polar surface area (TPSA) is 55.8 Å². The highest BCUT2D eigenvalue weighted by molar-refractivity contribution is 5.91. The maximum Gasteiger partial charge on any atom is 0.313 e. The Labute approximate surface area is 141 Å². The molecular formula is C19H21NO4. The molecule has 3 aliphatic heterocycles. The molecule has 4 atom stereocenters. The summed E-state index contributed by atoms with van der Waals surface area (Å²) in [4.78, 5) is 27.3. The summed E-state index contributed by atoms with van der Waals surface area (Å²) < 4.78 is 11.4. The molecule has 24 heavy (non-hydrogen) atoms. The Bertz CT molecular complexity index is 699. The molecule has 1 amide bonds. The molecule has 4 rings (SSSR count). The van der Waals surface area contributed by atoms with Gasteiger partial charge in [-0.25, -0.2) is 0 Å². The van der Waals surface area contributed by atoms with Crippen LogP contribution in [0.2, 0.25) is 0 Å². The molecule has 1 spiro atoms. The lowest BCUT2D eigenvalue weighted by atomic mass is 9.77. The van der Waals surface area contributed by atoms with E-state index >= 15 is 0 Å². The van der Waals surface area contributed by atoms with Crippen molar-refractivity contribution >= 4 is 11.9 Å². The summed E-state index contributed by atoms with van der Waals surface area (Å²) in [5.41, 5.74) is 0.402. The van der Waals surface area contributed by atoms with Gasteiger partial charge in [-0.3, -0.25) is 9.59 Å². The van der Waals surface area contributed by atoms with Gasteiger partial charge < -0.3 is 14.4 Å². The molecule has 0 radical (unpaired) electrons. The first kappa shape index (κ1) is 15.4. The van der Waals surface area contributed by atoms with Gasteiger partial charge in [-0.1, -0.05) is 42.5 Å². The fourth-order valence-corrected chi connectivity index (χ4v) is 4.10. The Hall–Kier alpha value is -2.14. The second-order valence-corrected chi connectivity index (χ2v) is 7.07. The number of amides is 1. The molecule has 0 saturated carbocycles. The lowest BCUT2D eigenvalue weighted by molar-refractivity contribution is -0.157. The van der Waals surface area contributed by atoms with Crippen molar-refractivity contribution in [2.45, 2.75) is 38.2 Å². The number of rotatable bonds is 4. The van der Waals surface area contributed by atoms with Gasteiger partial charge in [0.05, 0.1) is 24.7 Å². The Kier molecular flexibility index (Phi) is 3.49. The van der Waals surface area contributed by atoms with Gasteiger partial charge in [-0.2, -0.15) is 0 Å². The van der Waals surface area contributed by atoms with E-state index in [1.165, 1.54) is 0 Å². The first-order valence-electron chi connectivity index (χ1n) is 8.40. The first-order valence-corrected chi connectivity index (χ1v) is 8.40. The molecule has 5 heteroatoms. The van der Waals surface area contributed by atoms with E-state index in [0.29, 0.717) is 13.1 Å². The lowest BCUT2D eigenvalue weighted by Crippen LogP contribution is -2.40. The van der Waals surface area contributed by atoms with Gasteiger partial charge in [-0.05, 0) is 19.4 Å². The summed E-state index contributed by atoms with van der Waals surface area (Å²) in [6.07, 6.45) is 3.32. The van der Waals surface area contributed by atoms with Crippen LogP contribution >= 0.6 is 0 Å². The SMILES string of the molecule is CC(C)OC(=O)[C@@H]1[C@@H]2C=C[C@@]3(CN(Cc4ccccc4)C(=O)[C@H]13)O2. The number of esters is 1. The smallest absolute Gasteiger partial charge is 0.313 e. The number of nitrogens with zero attached hydrogens (tertiary/aromatic N) is 1. The molecule has 0 aliphatic carbocycles. The molecule has 5 nitrogen and oxygen atoms in total. The minimum absolute atomic E-state index is 0.0172. The molecular weight excluding hydrogens is 306 g/mol. The highest BCUT2D eigenvalue weighted by Crippen LogP contribution is 2.52. The zero-order valence-corrected chi connectivity index (χ0v) is 13.8. The standard InChI is InChI=1S/C19H21NO4/c1-12(2)23-18(22)15-14-8-9-19(24-14)11-20(17(21)16(15)19)10-13-6-4-3-5-7-13/h3-9,12,14-16H,10-11H2,1-2H3/t14-,15+,16-,19-/m0/s1. The van der Waals surface area contributed by atoms with Gasteiger partial charge in [0.25, 0.3) is 0 Å². The third-order valence-electron chi connectivity index (χ3n) is 5.02. The van der Waals surface area contributed by atoms with E-state index in [4.69, 9.17) is 9.47 Å². The van der Waals surface area contributed by atoms with E-state index in [0.717, 1.165) is 5.56 Å². The van der Waals surface area contributed by atoms with Crippen LogP contribution in [0.1, 0.15) is 19.4 Å². The van der Waals surface area contributed by atoms with Gasteiger partial charge in [0, 0.05) is 6.54 Å². The number of ether oxygens (including phenoxy) is 2.